The Morgan fingerprint density at radius 3 is 2.54 bits per heavy atom. The minimum absolute atomic E-state index is 0.0255. The maximum Gasteiger partial charge on any atom is 0.442 e. The van der Waals surface area contributed by atoms with Crippen molar-refractivity contribution in [1.82, 2.24) is 0 Å². The highest BCUT2D eigenvalue weighted by Crippen LogP contribution is 2.33. The SMILES string of the molecule is FC(F)(F)SCc1cccc(Br)c1. The Bertz CT molecular complexity index is 285. The van der Waals surface area contributed by atoms with E-state index in [1.54, 1.807) is 24.3 Å². The summed E-state index contributed by atoms with van der Waals surface area (Å²) in [5.41, 5.74) is -3.49. The average Bonchev–Trinajstić information content (AvgIpc) is 2.00. The molecule has 13 heavy (non-hydrogen) atoms. The summed E-state index contributed by atoms with van der Waals surface area (Å²) >= 11 is 3.17. The first-order valence-corrected chi connectivity index (χ1v) is 5.20. The molecule has 0 spiro atoms. The second-order valence-corrected chi connectivity index (χ2v) is 4.32. The third-order valence-corrected chi connectivity index (χ3v) is 2.59. The van der Waals surface area contributed by atoms with E-state index in [0.29, 0.717) is 5.56 Å². The molecule has 0 aliphatic heterocycles. The van der Waals surface area contributed by atoms with Crippen molar-refractivity contribution in [3.63, 3.8) is 0 Å². The minimum atomic E-state index is -4.15. The molecule has 0 aromatic heterocycles. The van der Waals surface area contributed by atoms with Crippen molar-refractivity contribution in [2.75, 3.05) is 0 Å². The van der Waals surface area contributed by atoms with Crippen LogP contribution >= 0.6 is 27.7 Å². The maximum absolute atomic E-state index is 11.8. The van der Waals surface area contributed by atoms with Crippen molar-refractivity contribution in [3.8, 4) is 0 Å². The maximum atomic E-state index is 11.8. The molecule has 5 heteroatoms. The van der Waals surface area contributed by atoms with Crippen LogP contribution in [0.3, 0.4) is 0 Å². The molecule has 0 atom stereocenters. The van der Waals surface area contributed by atoms with Crippen LogP contribution in [-0.2, 0) is 5.75 Å². The highest BCUT2D eigenvalue weighted by Gasteiger charge is 2.27. The summed E-state index contributed by atoms with van der Waals surface area (Å²) in [6.07, 6.45) is 0. The van der Waals surface area contributed by atoms with Gasteiger partial charge < -0.3 is 0 Å². The predicted molar refractivity (Wildman–Crippen MR) is 51.5 cm³/mol. The molecule has 0 N–H and O–H groups in total. The van der Waals surface area contributed by atoms with Crippen molar-refractivity contribution in [2.45, 2.75) is 11.3 Å². The molecular weight excluding hydrogens is 265 g/mol. The van der Waals surface area contributed by atoms with Gasteiger partial charge in [0.15, 0.2) is 0 Å². The van der Waals surface area contributed by atoms with Gasteiger partial charge in [0.1, 0.15) is 0 Å². The molecule has 0 amide bonds. The Balaban J connectivity index is 2.55. The number of benzene rings is 1. The zero-order valence-electron chi connectivity index (χ0n) is 6.44. The van der Waals surface area contributed by atoms with Crippen molar-refractivity contribution in [2.24, 2.45) is 0 Å². The van der Waals surface area contributed by atoms with Crippen molar-refractivity contribution >= 4 is 27.7 Å². The van der Waals surface area contributed by atoms with Crippen LogP contribution in [0.4, 0.5) is 13.2 Å². The van der Waals surface area contributed by atoms with Crippen LogP contribution in [-0.4, -0.2) is 5.51 Å². The zero-order chi connectivity index (χ0) is 9.90. The molecule has 0 aliphatic rings. The van der Waals surface area contributed by atoms with E-state index in [2.05, 4.69) is 15.9 Å². The Morgan fingerprint density at radius 1 is 1.31 bits per heavy atom. The first-order valence-electron chi connectivity index (χ1n) is 3.42. The van der Waals surface area contributed by atoms with Crippen LogP contribution in [0.2, 0.25) is 0 Å². The quantitative estimate of drug-likeness (QED) is 0.776. The molecule has 72 valence electrons. The Hall–Kier alpha value is -0.160. The molecule has 0 fully saturated rings. The molecule has 0 saturated heterocycles. The fraction of sp³-hybridized carbons (Fsp3) is 0.250. The smallest absolute Gasteiger partial charge is 0.160 e. The van der Waals surface area contributed by atoms with Gasteiger partial charge in [0.2, 0.25) is 0 Å². The largest absolute Gasteiger partial charge is 0.442 e. The Labute approximate surface area is 86.6 Å². The minimum Gasteiger partial charge on any atom is -0.160 e. The van der Waals surface area contributed by atoms with Gasteiger partial charge in [0.05, 0.1) is 0 Å². The van der Waals surface area contributed by atoms with E-state index in [1.807, 2.05) is 0 Å². The van der Waals surface area contributed by atoms with Gasteiger partial charge in [-0.15, -0.1) is 0 Å². The number of hydrogen-bond donors (Lipinski definition) is 0. The summed E-state index contributed by atoms with van der Waals surface area (Å²) in [5, 5.41) is 0. The topological polar surface area (TPSA) is 0 Å². The fourth-order valence-corrected chi connectivity index (χ4v) is 1.75. The highest BCUT2D eigenvalue weighted by atomic mass is 79.9. The lowest BCUT2D eigenvalue weighted by Gasteiger charge is -2.05. The van der Waals surface area contributed by atoms with E-state index in [4.69, 9.17) is 0 Å². The van der Waals surface area contributed by atoms with Crippen LogP contribution < -0.4 is 0 Å². The van der Waals surface area contributed by atoms with Gasteiger partial charge in [-0.1, -0.05) is 28.1 Å². The summed E-state index contributed by atoms with van der Waals surface area (Å²) in [6, 6.07) is 6.85. The van der Waals surface area contributed by atoms with E-state index in [0.717, 1.165) is 4.47 Å². The fourth-order valence-electron chi connectivity index (χ4n) is 0.792. The van der Waals surface area contributed by atoms with Gasteiger partial charge >= 0.3 is 5.51 Å². The zero-order valence-corrected chi connectivity index (χ0v) is 8.84. The second-order valence-electron chi connectivity index (χ2n) is 2.36. The molecule has 0 saturated carbocycles. The molecule has 0 radical (unpaired) electrons. The molecular formula is C8H6BrF3S. The summed E-state index contributed by atoms with van der Waals surface area (Å²) < 4.78 is 36.2. The van der Waals surface area contributed by atoms with E-state index < -0.39 is 5.51 Å². The normalized spacial score (nSPS) is 11.7. The second kappa shape index (κ2) is 4.37. The van der Waals surface area contributed by atoms with Crippen LogP contribution in [0.25, 0.3) is 0 Å². The lowest BCUT2D eigenvalue weighted by molar-refractivity contribution is -0.0329. The molecule has 0 bridgehead atoms. The van der Waals surface area contributed by atoms with Gasteiger partial charge in [0.25, 0.3) is 0 Å². The van der Waals surface area contributed by atoms with Crippen LogP contribution in [0, 0.1) is 0 Å². The molecule has 0 heterocycles. The first-order chi connectivity index (χ1) is 5.97. The van der Waals surface area contributed by atoms with E-state index in [1.165, 1.54) is 0 Å². The van der Waals surface area contributed by atoms with E-state index in [-0.39, 0.29) is 17.5 Å². The highest BCUT2D eigenvalue weighted by molar-refractivity contribution is 9.10. The summed E-state index contributed by atoms with van der Waals surface area (Å²) in [5.74, 6) is -0.0388. The van der Waals surface area contributed by atoms with Crippen molar-refractivity contribution < 1.29 is 13.2 Å². The van der Waals surface area contributed by atoms with Gasteiger partial charge in [-0.05, 0) is 29.5 Å². The molecule has 0 aliphatic carbocycles. The van der Waals surface area contributed by atoms with Gasteiger partial charge in [-0.2, -0.15) is 13.2 Å². The molecule has 0 unspecified atom stereocenters. The number of thioether (sulfide) groups is 1. The third-order valence-electron chi connectivity index (χ3n) is 1.29. The molecule has 0 nitrogen and oxygen atoms in total. The molecule has 1 rings (SSSR count). The van der Waals surface area contributed by atoms with Crippen molar-refractivity contribution in [1.29, 1.82) is 0 Å². The molecule has 1 aromatic carbocycles. The van der Waals surface area contributed by atoms with E-state index in [9.17, 15) is 13.2 Å². The summed E-state index contributed by atoms with van der Waals surface area (Å²) in [4.78, 5) is 0. The van der Waals surface area contributed by atoms with Gasteiger partial charge in [0, 0.05) is 10.2 Å². The predicted octanol–water partition coefficient (Wildman–Crippen LogP) is 4.20. The van der Waals surface area contributed by atoms with E-state index >= 15 is 0 Å². The standard InChI is InChI=1S/C8H6BrF3S/c9-7-3-1-2-6(4-7)5-13-8(10,11)12/h1-4H,5H2. The van der Waals surface area contributed by atoms with Crippen LogP contribution in [0.15, 0.2) is 28.7 Å². The first kappa shape index (κ1) is 10.9. The van der Waals surface area contributed by atoms with Gasteiger partial charge in [-0.3, -0.25) is 0 Å². The number of halogens is 4. The van der Waals surface area contributed by atoms with Crippen molar-refractivity contribution in [3.05, 3.63) is 34.3 Å². The summed E-state index contributed by atoms with van der Waals surface area (Å²) in [7, 11) is 0. The lowest BCUT2D eigenvalue weighted by Crippen LogP contribution is -2.00. The number of rotatable bonds is 2. The Kier molecular flexibility index (Phi) is 3.67. The Morgan fingerprint density at radius 2 is 2.00 bits per heavy atom. The lowest BCUT2D eigenvalue weighted by atomic mass is 10.2. The summed E-state index contributed by atoms with van der Waals surface area (Å²) in [6.45, 7) is 0. The average molecular weight is 271 g/mol. The monoisotopic (exact) mass is 270 g/mol. The van der Waals surface area contributed by atoms with Gasteiger partial charge in [-0.25, -0.2) is 0 Å². The van der Waals surface area contributed by atoms with Crippen LogP contribution in [0.5, 0.6) is 0 Å². The molecule has 1 aromatic rings. The number of alkyl halides is 3. The van der Waals surface area contributed by atoms with Crippen LogP contribution in [0.1, 0.15) is 5.56 Å². The number of hydrogen-bond acceptors (Lipinski definition) is 1. The third kappa shape index (κ3) is 4.57.